The summed E-state index contributed by atoms with van der Waals surface area (Å²) >= 11 is 0. The number of nitrogens with zero attached hydrogens (tertiary/aromatic N) is 1. The Labute approximate surface area is 223 Å². The molecule has 0 spiro atoms. The molecule has 0 bridgehead atoms. The van der Waals surface area contributed by atoms with E-state index in [1.54, 1.807) is 7.11 Å². The van der Waals surface area contributed by atoms with Crippen molar-refractivity contribution in [2.45, 2.75) is 77.7 Å². The molecule has 6 atom stereocenters. The summed E-state index contributed by atoms with van der Waals surface area (Å²) in [5, 5.41) is 10.0. The molecule has 1 aliphatic heterocycles. The van der Waals surface area contributed by atoms with Gasteiger partial charge < -0.3 is 14.6 Å². The minimum absolute atomic E-state index is 0.414. The van der Waals surface area contributed by atoms with Crippen LogP contribution in [0.15, 0.2) is 36.4 Å². The first-order valence-electron chi connectivity index (χ1n) is 14.8. The van der Waals surface area contributed by atoms with Crippen LogP contribution in [0.1, 0.15) is 81.4 Å². The minimum Gasteiger partial charge on any atom is -0.508 e. The van der Waals surface area contributed by atoms with E-state index in [0.717, 1.165) is 55.2 Å². The second kappa shape index (κ2) is 10.2. The van der Waals surface area contributed by atoms with Gasteiger partial charge in [-0.25, -0.2) is 0 Å². The molecule has 37 heavy (non-hydrogen) atoms. The predicted octanol–water partition coefficient (Wildman–Crippen LogP) is 7.18. The van der Waals surface area contributed by atoms with Gasteiger partial charge in [-0.05, 0) is 140 Å². The standard InChI is InChI=1S/C33H45NO3/c1-22-18-24-20-26(35)8-9-27(24)28-12-14-33(2)25(7-10-29(33)32(22)28)13-17-37-30-11-6-23(19-31(30)36-3)21-34-15-4-5-16-34/h6,8-9,11,19-20,22,25,28-29,32,35H,4-5,7,10,12-18,21H2,1-3H3/t22?,25-,28?,29?,32?,33?/m1/s1. The van der Waals surface area contributed by atoms with Crippen LogP contribution in [0.4, 0.5) is 0 Å². The highest BCUT2D eigenvalue weighted by atomic mass is 16.5. The Hall–Kier alpha value is -2.20. The smallest absolute Gasteiger partial charge is 0.161 e. The first-order chi connectivity index (χ1) is 18.0. The van der Waals surface area contributed by atoms with Gasteiger partial charge in [-0.15, -0.1) is 0 Å². The van der Waals surface area contributed by atoms with Gasteiger partial charge in [0.1, 0.15) is 5.75 Å². The highest BCUT2D eigenvalue weighted by Gasteiger charge is 2.55. The number of rotatable bonds is 7. The van der Waals surface area contributed by atoms with E-state index >= 15 is 0 Å². The van der Waals surface area contributed by atoms with Crippen molar-refractivity contribution in [3.8, 4) is 17.2 Å². The van der Waals surface area contributed by atoms with E-state index in [1.807, 2.05) is 12.1 Å². The third-order valence-electron chi connectivity index (χ3n) is 10.8. The van der Waals surface area contributed by atoms with Gasteiger partial charge in [-0.1, -0.05) is 26.0 Å². The average Bonchev–Trinajstić information content (AvgIpc) is 3.52. The second-order valence-electron chi connectivity index (χ2n) is 12.8. The molecule has 5 unspecified atom stereocenters. The van der Waals surface area contributed by atoms with Gasteiger partial charge in [0, 0.05) is 6.54 Å². The molecule has 200 valence electrons. The quantitative estimate of drug-likeness (QED) is 0.434. The Morgan fingerprint density at radius 1 is 1.03 bits per heavy atom. The van der Waals surface area contributed by atoms with Crippen LogP contribution in [0.2, 0.25) is 0 Å². The highest BCUT2D eigenvalue weighted by molar-refractivity contribution is 5.43. The molecule has 0 radical (unpaired) electrons. The Balaban J connectivity index is 1.10. The van der Waals surface area contributed by atoms with E-state index in [2.05, 4.69) is 43.0 Å². The van der Waals surface area contributed by atoms with E-state index in [4.69, 9.17) is 9.47 Å². The third-order valence-corrected chi connectivity index (χ3v) is 10.8. The molecular weight excluding hydrogens is 458 g/mol. The van der Waals surface area contributed by atoms with E-state index < -0.39 is 0 Å². The largest absolute Gasteiger partial charge is 0.508 e. The van der Waals surface area contributed by atoms with Crippen molar-refractivity contribution in [2.24, 2.45) is 29.1 Å². The van der Waals surface area contributed by atoms with Crippen molar-refractivity contribution in [3.63, 3.8) is 0 Å². The summed E-state index contributed by atoms with van der Waals surface area (Å²) < 4.78 is 12.1. The number of benzene rings is 2. The fourth-order valence-electron chi connectivity index (χ4n) is 8.99. The maximum absolute atomic E-state index is 10.0. The summed E-state index contributed by atoms with van der Waals surface area (Å²) in [5.41, 5.74) is 4.64. The molecule has 3 aliphatic carbocycles. The normalized spacial score (nSPS) is 33.0. The molecular formula is C33H45NO3. The van der Waals surface area contributed by atoms with Crippen LogP contribution in [0.25, 0.3) is 0 Å². The summed E-state index contributed by atoms with van der Waals surface area (Å²) in [6, 6.07) is 12.7. The lowest BCUT2D eigenvalue weighted by atomic mass is 9.51. The fourth-order valence-corrected chi connectivity index (χ4v) is 8.99. The number of fused-ring (bicyclic) bond motifs is 5. The number of ether oxygens (including phenoxy) is 2. The van der Waals surface area contributed by atoms with Gasteiger partial charge in [0.05, 0.1) is 13.7 Å². The molecule has 3 fully saturated rings. The van der Waals surface area contributed by atoms with Crippen molar-refractivity contribution in [1.29, 1.82) is 0 Å². The molecule has 2 saturated carbocycles. The number of likely N-dealkylation sites (tertiary alicyclic amines) is 1. The van der Waals surface area contributed by atoms with E-state index in [-0.39, 0.29) is 0 Å². The zero-order valence-electron chi connectivity index (χ0n) is 23.0. The van der Waals surface area contributed by atoms with Crippen molar-refractivity contribution in [2.75, 3.05) is 26.8 Å². The maximum atomic E-state index is 10.0. The molecule has 4 aliphatic rings. The SMILES string of the molecule is COc1cc(CN2CCCC2)ccc1OCC[C@H]1CCC2C3C(C)Cc4cc(O)ccc4C3CCC21C. The monoisotopic (exact) mass is 503 g/mol. The first kappa shape index (κ1) is 25.1. The fraction of sp³-hybridized carbons (Fsp3) is 0.636. The number of phenolic OH excluding ortho intramolecular Hbond substituents is 1. The van der Waals surface area contributed by atoms with Gasteiger partial charge in [0.25, 0.3) is 0 Å². The number of methoxy groups -OCH3 is 1. The van der Waals surface area contributed by atoms with Crippen LogP contribution in [0, 0.1) is 29.1 Å². The summed E-state index contributed by atoms with van der Waals surface area (Å²) in [4.78, 5) is 2.52. The molecule has 1 N–H and O–H groups in total. The van der Waals surface area contributed by atoms with Gasteiger partial charge in [-0.3, -0.25) is 4.90 Å². The lowest BCUT2D eigenvalue weighted by molar-refractivity contribution is 0.000862. The maximum Gasteiger partial charge on any atom is 0.161 e. The number of phenols is 1. The first-order valence-corrected chi connectivity index (χ1v) is 14.8. The Morgan fingerprint density at radius 2 is 1.86 bits per heavy atom. The lowest BCUT2D eigenvalue weighted by Crippen LogP contribution is -2.45. The second-order valence-corrected chi connectivity index (χ2v) is 12.8. The van der Waals surface area contributed by atoms with Gasteiger partial charge >= 0.3 is 0 Å². The van der Waals surface area contributed by atoms with Crippen molar-refractivity contribution in [1.82, 2.24) is 4.90 Å². The lowest BCUT2D eigenvalue weighted by Gasteiger charge is -2.53. The summed E-state index contributed by atoms with van der Waals surface area (Å²) in [5.74, 6) is 5.82. The number of hydrogen-bond acceptors (Lipinski definition) is 4. The predicted molar refractivity (Wildman–Crippen MR) is 148 cm³/mol. The van der Waals surface area contributed by atoms with Crippen LogP contribution < -0.4 is 9.47 Å². The highest BCUT2D eigenvalue weighted by Crippen LogP contribution is 2.64. The molecule has 1 heterocycles. The molecule has 4 nitrogen and oxygen atoms in total. The van der Waals surface area contributed by atoms with Crippen LogP contribution in [-0.4, -0.2) is 36.8 Å². The Morgan fingerprint density at radius 3 is 2.68 bits per heavy atom. The van der Waals surface area contributed by atoms with Crippen LogP contribution in [0.5, 0.6) is 17.2 Å². The van der Waals surface area contributed by atoms with Crippen LogP contribution in [-0.2, 0) is 13.0 Å². The zero-order chi connectivity index (χ0) is 25.6. The summed E-state index contributed by atoms with van der Waals surface area (Å²) in [7, 11) is 1.76. The molecule has 1 saturated heterocycles. The van der Waals surface area contributed by atoms with Crippen molar-refractivity contribution >= 4 is 0 Å². The van der Waals surface area contributed by atoms with Crippen LogP contribution in [0.3, 0.4) is 0 Å². The van der Waals surface area contributed by atoms with E-state index in [0.29, 0.717) is 23.0 Å². The van der Waals surface area contributed by atoms with Gasteiger partial charge in [0.2, 0.25) is 0 Å². The molecule has 2 aromatic carbocycles. The molecule has 2 aromatic rings. The van der Waals surface area contributed by atoms with E-state index in [1.165, 1.54) is 68.3 Å². The Bertz CT molecular complexity index is 1110. The summed E-state index contributed by atoms with van der Waals surface area (Å²) in [6.45, 7) is 9.24. The van der Waals surface area contributed by atoms with Crippen LogP contribution >= 0.6 is 0 Å². The van der Waals surface area contributed by atoms with Gasteiger partial charge in [-0.2, -0.15) is 0 Å². The number of hydrogen-bond donors (Lipinski definition) is 1. The molecule has 4 heteroatoms. The Kier molecular flexibility index (Phi) is 6.90. The average molecular weight is 504 g/mol. The molecule has 6 rings (SSSR count). The minimum atomic E-state index is 0.414. The molecule has 0 amide bonds. The third kappa shape index (κ3) is 4.64. The van der Waals surface area contributed by atoms with Crippen molar-refractivity contribution in [3.05, 3.63) is 53.1 Å². The topological polar surface area (TPSA) is 41.9 Å². The van der Waals surface area contributed by atoms with Crippen molar-refractivity contribution < 1.29 is 14.6 Å². The molecule has 0 aromatic heterocycles. The van der Waals surface area contributed by atoms with E-state index in [9.17, 15) is 5.11 Å². The summed E-state index contributed by atoms with van der Waals surface area (Å²) in [6.07, 6.45) is 10.1. The number of aromatic hydroxyl groups is 1. The van der Waals surface area contributed by atoms with Gasteiger partial charge in [0.15, 0.2) is 11.5 Å². The zero-order valence-corrected chi connectivity index (χ0v) is 23.0.